The predicted octanol–water partition coefficient (Wildman–Crippen LogP) is 2.87. The molecule has 1 fully saturated rings. The van der Waals surface area contributed by atoms with Gasteiger partial charge in [-0.1, -0.05) is 29.8 Å². The lowest BCUT2D eigenvalue weighted by molar-refractivity contribution is -0.126. The van der Waals surface area contributed by atoms with Gasteiger partial charge in [0.2, 0.25) is 11.9 Å². The molecule has 3 rings (SSSR count). The average molecular weight is 386 g/mol. The molecule has 1 aromatic carbocycles. The number of halogens is 1. The molecular formula is C20H24ClN5O. The predicted molar refractivity (Wildman–Crippen MR) is 110 cm³/mol. The van der Waals surface area contributed by atoms with E-state index in [1.54, 1.807) is 12.2 Å². The van der Waals surface area contributed by atoms with Crippen LogP contribution in [0.3, 0.4) is 0 Å². The molecule has 0 spiro atoms. The van der Waals surface area contributed by atoms with E-state index >= 15 is 0 Å². The number of carbonyl (C=O) groups excluding carboxylic acids is 1. The van der Waals surface area contributed by atoms with Crippen LogP contribution in [0.1, 0.15) is 11.3 Å². The zero-order chi connectivity index (χ0) is 19.4. The maximum absolute atomic E-state index is 12.5. The summed E-state index contributed by atoms with van der Waals surface area (Å²) in [6.07, 6.45) is 3.36. The summed E-state index contributed by atoms with van der Waals surface area (Å²) >= 11 is 6.13. The molecule has 1 amide bonds. The summed E-state index contributed by atoms with van der Waals surface area (Å²) in [6, 6.07) is 9.44. The Morgan fingerprint density at radius 2 is 1.85 bits per heavy atom. The van der Waals surface area contributed by atoms with Crippen LogP contribution in [0, 0.1) is 6.92 Å². The first-order chi connectivity index (χ1) is 12.9. The number of benzene rings is 1. The zero-order valence-electron chi connectivity index (χ0n) is 15.9. The monoisotopic (exact) mass is 385 g/mol. The van der Waals surface area contributed by atoms with Gasteiger partial charge in [0.1, 0.15) is 5.82 Å². The molecule has 0 atom stereocenters. The number of piperazine rings is 1. The summed E-state index contributed by atoms with van der Waals surface area (Å²) in [5, 5.41) is 0.639. The number of aryl methyl sites for hydroxylation is 1. The molecule has 0 aliphatic carbocycles. The highest BCUT2D eigenvalue weighted by atomic mass is 35.5. The molecular weight excluding hydrogens is 362 g/mol. The molecule has 2 aromatic rings. The molecule has 7 heteroatoms. The standard InChI is InChI=1S/C20H24ClN5O/c1-15-14-18(24(2)3)23-20(22-15)26-12-10-25(11-13-26)19(27)9-8-16-6-4-5-7-17(16)21/h4-9,14H,10-13H2,1-3H3/b9-8+. The third-order valence-electron chi connectivity index (χ3n) is 4.47. The Hall–Kier alpha value is -2.60. The number of rotatable bonds is 4. The van der Waals surface area contributed by atoms with E-state index in [0.29, 0.717) is 31.2 Å². The van der Waals surface area contributed by atoms with Crippen LogP contribution in [0.25, 0.3) is 6.08 Å². The molecule has 2 heterocycles. The summed E-state index contributed by atoms with van der Waals surface area (Å²) in [5.41, 5.74) is 1.78. The van der Waals surface area contributed by atoms with Crippen molar-refractivity contribution in [1.82, 2.24) is 14.9 Å². The summed E-state index contributed by atoms with van der Waals surface area (Å²) in [6.45, 7) is 4.67. The second-order valence-corrected chi connectivity index (χ2v) is 7.14. The number of nitrogens with zero attached hydrogens (tertiary/aromatic N) is 5. The number of hydrogen-bond acceptors (Lipinski definition) is 5. The van der Waals surface area contributed by atoms with E-state index in [9.17, 15) is 4.79 Å². The molecule has 0 N–H and O–H groups in total. The lowest BCUT2D eigenvalue weighted by Gasteiger charge is -2.34. The van der Waals surface area contributed by atoms with Crippen LogP contribution >= 0.6 is 11.6 Å². The van der Waals surface area contributed by atoms with Crippen molar-refractivity contribution in [2.75, 3.05) is 50.1 Å². The molecule has 0 unspecified atom stereocenters. The van der Waals surface area contributed by atoms with Crippen molar-refractivity contribution >= 4 is 35.4 Å². The molecule has 1 aromatic heterocycles. The SMILES string of the molecule is Cc1cc(N(C)C)nc(N2CCN(C(=O)/C=C/c3ccccc3Cl)CC2)n1. The summed E-state index contributed by atoms with van der Waals surface area (Å²) in [5.74, 6) is 1.60. The molecule has 1 saturated heterocycles. The highest BCUT2D eigenvalue weighted by Crippen LogP contribution is 2.18. The van der Waals surface area contributed by atoms with Crippen LogP contribution in [-0.2, 0) is 4.79 Å². The highest BCUT2D eigenvalue weighted by molar-refractivity contribution is 6.32. The fraction of sp³-hybridized carbons (Fsp3) is 0.350. The average Bonchev–Trinajstić information content (AvgIpc) is 2.66. The van der Waals surface area contributed by atoms with Crippen molar-refractivity contribution in [3.8, 4) is 0 Å². The maximum atomic E-state index is 12.5. The first-order valence-electron chi connectivity index (χ1n) is 8.93. The molecule has 1 aliphatic heterocycles. The Bertz CT molecular complexity index is 844. The van der Waals surface area contributed by atoms with Crippen LogP contribution in [0.15, 0.2) is 36.4 Å². The summed E-state index contributed by atoms with van der Waals surface area (Å²) in [4.78, 5) is 27.6. The van der Waals surface area contributed by atoms with Gasteiger partial charge in [0, 0.05) is 63.1 Å². The van der Waals surface area contributed by atoms with E-state index in [1.807, 2.05) is 61.2 Å². The zero-order valence-corrected chi connectivity index (χ0v) is 16.6. The number of hydrogen-bond donors (Lipinski definition) is 0. The third-order valence-corrected chi connectivity index (χ3v) is 4.82. The van der Waals surface area contributed by atoms with Crippen molar-refractivity contribution in [3.63, 3.8) is 0 Å². The number of amides is 1. The van der Waals surface area contributed by atoms with Gasteiger partial charge in [-0.25, -0.2) is 4.98 Å². The first kappa shape index (κ1) is 19.2. The quantitative estimate of drug-likeness (QED) is 0.757. The Labute approximate surface area is 165 Å². The van der Waals surface area contributed by atoms with Crippen LogP contribution < -0.4 is 9.80 Å². The van der Waals surface area contributed by atoms with Crippen molar-refractivity contribution in [2.24, 2.45) is 0 Å². The number of anilines is 2. The van der Waals surface area contributed by atoms with Gasteiger partial charge in [-0.05, 0) is 24.6 Å². The Balaban J connectivity index is 1.62. The fourth-order valence-corrected chi connectivity index (χ4v) is 3.11. The van der Waals surface area contributed by atoms with Crippen LogP contribution in [0.5, 0.6) is 0 Å². The van der Waals surface area contributed by atoms with E-state index < -0.39 is 0 Å². The van der Waals surface area contributed by atoms with Crippen LogP contribution in [0.2, 0.25) is 5.02 Å². The lowest BCUT2D eigenvalue weighted by Crippen LogP contribution is -2.49. The highest BCUT2D eigenvalue weighted by Gasteiger charge is 2.22. The topological polar surface area (TPSA) is 52.6 Å². The molecule has 142 valence electrons. The number of carbonyl (C=O) groups is 1. The molecule has 6 nitrogen and oxygen atoms in total. The summed E-state index contributed by atoms with van der Waals surface area (Å²) in [7, 11) is 3.93. The Morgan fingerprint density at radius 1 is 1.15 bits per heavy atom. The minimum atomic E-state index is -0.00582. The van der Waals surface area contributed by atoms with Gasteiger partial charge in [0.05, 0.1) is 0 Å². The lowest BCUT2D eigenvalue weighted by atomic mass is 10.2. The van der Waals surface area contributed by atoms with E-state index in [1.165, 1.54) is 0 Å². The summed E-state index contributed by atoms with van der Waals surface area (Å²) < 4.78 is 0. The molecule has 0 saturated carbocycles. The van der Waals surface area contributed by atoms with Crippen molar-refractivity contribution < 1.29 is 4.79 Å². The minimum absolute atomic E-state index is 0.00582. The molecule has 27 heavy (non-hydrogen) atoms. The van der Waals surface area contributed by atoms with Gasteiger partial charge < -0.3 is 14.7 Å². The molecule has 1 aliphatic rings. The normalized spacial score (nSPS) is 14.7. The largest absolute Gasteiger partial charge is 0.363 e. The van der Waals surface area contributed by atoms with E-state index in [-0.39, 0.29) is 5.91 Å². The Morgan fingerprint density at radius 3 is 2.52 bits per heavy atom. The van der Waals surface area contributed by atoms with Crippen LogP contribution in [0.4, 0.5) is 11.8 Å². The minimum Gasteiger partial charge on any atom is -0.363 e. The molecule has 0 bridgehead atoms. The second-order valence-electron chi connectivity index (χ2n) is 6.73. The van der Waals surface area contributed by atoms with E-state index in [4.69, 9.17) is 11.6 Å². The smallest absolute Gasteiger partial charge is 0.246 e. The van der Waals surface area contributed by atoms with Gasteiger partial charge >= 0.3 is 0 Å². The second kappa shape index (κ2) is 8.39. The van der Waals surface area contributed by atoms with E-state index in [2.05, 4.69) is 14.9 Å². The number of aromatic nitrogens is 2. The fourth-order valence-electron chi connectivity index (χ4n) is 2.91. The van der Waals surface area contributed by atoms with Crippen LogP contribution in [-0.4, -0.2) is 61.0 Å². The molecule has 0 radical (unpaired) electrons. The van der Waals surface area contributed by atoms with E-state index in [0.717, 1.165) is 23.0 Å². The maximum Gasteiger partial charge on any atom is 0.246 e. The third kappa shape index (κ3) is 4.77. The van der Waals surface area contributed by atoms with Gasteiger partial charge in [-0.2, -0.15) is 4.98 Å². The van der Waals surface area contributed by atoms with Gasteiger partial charge in [-0.3, -0.25) is 4.79 Å². The van der Waals surface area contributed by atoms with Gasteiger partial charge in [0.15, 0.2) is 0 Å². The first-order valence-corrected chi connectivity index (χ1v) is 9.31. The van der Waals surface area contributed by atoms with Gasteiger partial charge in [0.25, 0.3) is 0 Å². The van der Waals surface area contributed by atoms with Crippen molar-refractivity contribution in [2.45, 2.75) is 6.92 Å². The Kier molecular flexibility index (Phi) is 5.96. The van der Waals surface area contributed by atoms with Crippen molar-refractivity contribution in [1.29, 1.82) is 0 Å². The van der Waals surface area contributed by atoms with Crippen molar-refractivity contribution in [3.05, 3.63) is 52.7 Å². The van der Waals surface area contributed by atoms with Gasteiger partial charge in [-0.15, -0.1) is 0 Å².